The van der Waals surface area contributed by atoms with Crippen molar-refractivity contribution in [3.05, 3.63) is 108 Å². The number of aromatic nitrogens is 3. The van der Waals surface area contributed by atoms with Crippen molar-refractivity contribution < 1.29 is 24.5 Å². The summed E-state index contributed by atoms with van der Waals surface area (Å²) >= 11 is 0. The normalized spacial score (nSPS) is 11.6. The van der Waals surface area contributed by atoms with Crippen LogP contribution in [0, 0.1) is 31.4 Å². The van der Waals surface area contributed by atoms with Gasteiger partial charge in [0.15, 0.2) is 0 Å². The van der Waals surface area contributed by atoms with Gasteiger partial charge in [0.05, 0.1) is 11.8 Å². The topological polar surface area (TPSA) is 51.8 Å². The van der Waals surface area contributed by atoms with Crippen LogP contribution in [0.4, 0.5) is 0 Å². The molecule has 223 valence electrons. The summed E-state index contributed by atoms with van der Waals surface area (Å²) in [6.07, 6.45) is 8.45. The first-order valence-corrected chi connectivity index (χ1v) is 18.0. The first-order valence-electron chi connectivity index (χ1n) is 14.5. The molecule has 4 nitrogen and oxygen atoms in total. The number of benzene rings is 2. The number of rotatable bonds is 4. The molecular weight excluding hydrogens is 723 g/mol. The Hall–Kier alpha value is -3.44. The van der Waals surface area contributed by atoms with Gasteiger partial charge in [-0.2, -0.15) is 0 Å². The summed E-state index contributed by atoms with van der Waals surface area (Å²) in [5, 5.41) is 3.69. The zero-order valence-electron chi connectivity index (χ0n) is 26.3. The van der Waals surface area contributed by atoms with Crippen molar-refractivity contribution in [1.29, 1.82) is 0 Å². The molecule has 0 spiro atoms. The number of pyridine rings is 3. The van der Waals surface area contributed by atoms with Crippen molar-refractivity contribution in [2.24, 2.45) is 5.41 Å². The smallest absolute Gasteiger partial charge is 0.139 e. The minimum Gasteiger partial charge on any atom is -0.499 e. The van der Waals surface area contributed by atoms with E-state index >= 15 is 0 Å². The van der Waals surface area contributed by atoms with Gasteiger partial charge in [-0.3, -0.25) is 4.98 Å². The van der Waals surface area contributed by atoms with Crippen LogP contribution in [0.2, 0.25) is 19.6 Å². The van der Waals surface area contributed by atoms with Gasteiger partial charge >= 0.3 is 0 Å². The van der Waals surface area contributed by atoms with Crippen LogP contribution in [-0.2, 0) is 26.5 Å². The largest absolute Gasteiger partial charge is 0.499 e. The van der Waals surface area contributed by atoms with E-state index in [0.29, 0.717) is 0 Å². The summed E-state index contributed by atoms with van der Waals surface area (Å²) < 4.78 is 6.30. The third-order valence-electron chi connectivity index (χ3n) is 7.33. The predicted octanol–water partition coefficient (Wildman–Crippen LogP) is 9.14. The second kappa shape index (κ2) is 13.0. The average Bonchev–Trinajstić information content (AvgIpc) is 3.33. The number of furan rings is 1. The summed E-state index contributed by atoms with van der Waals surface area (Å²) in [7, 11) is -1.58. The molecule has 0 N–H and O–H groups in total. The molecule has 0 atom stereocenters. The number of hydrogen-bond donors (Lipinski definition) is 0. The SMILES string of the molecule is CC(C)(C)Cc1ccnc(-c2[c-]cc([Si](C)(C)C)c3c2oc2cnccc23)c1.Cc1cnc(-c2[c-]cccc2)cc1C.[Ir]. The molecule has 4 heterocycles. The molecular formula is C37H39IrN3OSi-2. The fourth-order valence-electron chi connectivity index (χ4n) is 5.12. The number of nitrogens with zero attached hydrogens (tertiary/aromatic N) is 3. The van der Waals surface area contributed by atoms with Crippen LogP contribution >= 0.6 is 0 Å². The van der Waals surface area contributed by atoms with Gasteiger partial charge in [-0.15, -0.1) is 53.2 Å². The van der Waals surface area contributed by atoms with E-state index in [1.165, 1.54) is 27.3 Å². The standard InChI is InChI=1S/C24H27N2OSi.C13H12N.Ir/c1-24(2,3)14-16-9-12-26-19(13-16)17-7-8-21(28(4,5)6)22-18-10-11-25-15-20(18)27-23(17)22;1-10-8-13(14-9-11(10)2)12-6-4-3-5-7-12;/h8-13,15H,14H2,1-6H3;3-6,8-9H,1-2H3;/q2*-1;. The van der Waals surface area contributed by atoms with Gasteiger partial charge in [0.1, 0.15) is 5.58 Å². The Morgan fingerprint density at radius 2 is 1.65 bits per heavy atom. The Labute approximate surface area is 270 Å². The first kappa shape index (κ1) is 32.5. The number of hydrogen-bond acceptors (Lipinski definition) is 4. The molecule has 4 aromatic heterocycles. The molecule has 6 aromatic rings. The van der Waals surface area contributed by atoms with Gasteiger partial charge in [0, 0.05) is 52.2 Å². The molecule has 2 aromatic carbocycles. The Bertz CT molecular complexity index is 1850. The Kier molecular flexibility index (Phi) is 9.85. The van der Waals surface area contributed by atoms with E-state index in [9.17, 15) is 0 Å². The van der Waals surface area contributed by atoms with Crippen LogP contribution < -0.4 is 5.19 Å². The van der Waals surface area contributed by atoms with Crippen molar-refractivity contribution in [3.8, 4) is 22.5 Å². The maximum Gasteiger partial charge on any atom is 0.139 e. The van der Waals surface area contributed by atoms with Crippen molar-refractivity contribution in [2.45, 2.75) is 60.7 Å². The molecule has 0 saturated carbocycles. The van der Waals surface area contributed by atoms with Gasteiger partial charge in [0.2, 0.25) is 0 Å². The van der Waals surface area contributed by atoms with E-state index in [-0.39, 0.29) is 25.5 Å². The molecule has 0 bridgehead atoms. The third-order valence-corrected chi connectivity index (χ3v) is 9.34. The van der Waals surface area contributed by atoms with Crippen molar-refractivity contribution in [3.63, 3.8) is 0 Å². The number of aryl methyl sites for hydroxylation is 2. The fourth-order valence-corrected chi connectivity index (χ4v) is 6.62. The monoisotopic (exact) mass is 762 g/mol. The van der Waals surface area contributed by atoms with E-state index in [4.69, 9.17) is 4.42 Å². The molecule has 6 rings (SSSR count). The van der Waals surface area contributed by atoms with Crippen LogP contribution in [0.3, 0.4) is 0 Å². The van der Waals surface area contributed by atoms with E-state index in [2.05, 4.69) is 112 Å². The van der Waals surface area contributed by atoms with Gasteiger partial charge < -0.3 is 14.4 Å². The van der Waals surface area contributed by atoms with Crippen molar-refractivity contribution in [2.75, 3.05) is 0 Å². The van der Waals surface area contributed by atoms with Crippen LogP contribution in [0.25, 0.3) is 44.5 Å². The van der Waals surface area contributed by atoms with E-state index in [1.54, 1.807) is 6.20 Å². The summed E-state index contributed by atoms with van der Waals surface area (Å²) in [4.78, 5) is 13.3. The summed E-state index contributed by atoms with van der Waals surface area (Å²) in [5.41, 5.74) is 9.61. The quantitative estimate of drug-likeness (QED) is 0.133. The van der Waals surface area contributed by atoms with Gasteiger partial charge in [-0.1, -0.05) is 74.6 Å². The second-order valence-corrected chi connectivity index (χ2v) is 18.3. The van der Waals surface area contributed by atoms with Crippen LogP contribution in [0.5, 0.6) is 0 Å². The number of fused-ring (bicyclic) bond motifs is 3. The van der Waals surface area contributed by atoms with E-state index in [1.807, 2.05) is 42.9 Å². The molecule has 0 aliphatic heterocycles. The Balaban J connectivity index is 0.000000238. The molecule has 0 fully saturated rings. The minimum atomic E-state index is -1.58. The molecule has 0 aliphatic rings. The molecule has 0 aliphatic carbocycles. The Morgan fingerprint density at radius 1 is 0.860 bits per heavy atom. The van der Waals surface area contributed by atoms with Crippen LogP contribution in [0.1, 0.15) is 37.5 Å². The zero-order valence-corrected chi connectivity index (χ0v) is 29.7. The van der Waals surface area contributed by atoms with Gasteiger partial charge in [-0.25, -0.2) is 0 Å². The van der Waals surface area contributed by atoms with Crippen molar-refractivity contribution >= 4 is 35.2 Å². The molecule has 0 unspecified atom stereocenters. The average molecular weight is 762 g/mol. The molecule has 0 amide bonds. The van der Waals surface area contributed by atoms with Gasteiger partial charge in [0.25, 0.3) is 0 Å². The maximum absolute atomic E-state index is 6.30. The first-order chi connectivity index (χ1) is 19.9. The van der Waals surface area contributed by atoms with Crippen LogP contribution in [0.15, 0.2) is 83.8 Å². The zero-order chi connectivity index (χ0) is 30.1. The Morgan fingerprint density at radius 3 is 2.33 bits per heavy atom. The molecule has 43 heavy (non-hydrogen) atoms. The molecule has 1 radical (unpaired) electrons. The third kappa shape index (κ3) is 7.56. The minimum absolute atomic E-state index is 0. The summed E-state index contributed by atoms with van der Waals surface area (Å²) in [5.74, 6) is 0. The van der Waals surface area contributed by atoms with Gasteiger partial charge in [-0.05, 0) is 54.8 Å². The summed E-state index contributed by atoms with van der Waals surface area (Å²) in [6, 6.07) is 25.2. The second-order valence-electron chi connectivity index (χ2n) is 13.2. The van der Waals surface area contributed by atoms with E-state index < -0.39 is 8.07 Å². The molecule has 6 heteroatoms. The predicted molar refractivity (Wildman–Crippen MR) is 178 cm³/mol. The van der Waals surface area contributed by atoms with Crippen LogP contribution in [-0.4, -0.2) is 23.0 Å². The van der Waals surface area contributed by atoms with Crippen molar-refractivity contribution in [1.82, 2.24) is 15.0 Å². The maximum atomic E-state index is 6.30. The molecule has 0 saturated heterocycles. The fraction of sp³-hybridized carbons (Fsp3) is 0.270. The van der Waals surface area contributed by atoms with E-state index in [0.717, 1.165) is 45.5 Å². The summed E-state index contributed by atoms with van der Waals surface area (Å²) in [6.45, 7) is 18.0.